The number of nitrogens with one attached hydrogen (secondary N) is 1. The Morgan fingerprint density at radius 2 is 2.04 bits per heavy atom. The zero-order valence-electron chi connectivity index (χ0n) is 13.8. The summed E-state index contributed by atoms with van der Waals surface area (Å²) in [5.74, 6) is 0.275. The highest BCUT2D eigenvalue weighted by atomic mass is 16.3. The van der Waals surface area contributed by atoms with Crippen molar-refractivity contribution < 1.29 is 14.3 Å². The summed E-state index contributed by atoms with van der Waals surface area (Å²) in [6, 6.07) is 7.03. The zero-order valence-corrected chi connectivity index (χ0v) is 13.8. The molecule has 3 rings (SSSR count). The molecular formula is C18H19N3O3. The van der Waals surface area contributed by atoms with Crippen LogP contribution in [0.5, 0.6) is 5.75 Å². The van der Waals surface area contributed by atoms with Crippen LogP contribution < -0.4 is 5.32 Å². The van der Waals surface area contributed by atoms with Crippen LogP contribution in [0.1, 0.15) is 41.7 Å². The maximum absolute atomic E-state index is 12.5. The molecule has 0 aliphatic heterocycles. The normalized spacial score (nSPS) is 12.5. The number of carbonyl (C=O) groups excluding carboxylic acids is 1. The second-order valence-corrected chi connectivity index (χ2v) is 6.03. The van der Waals surface area contributed by atoms with E-state index in [1.165, 1.54) is 6.39 Å². The summed E-state index contributed by atoms with van der Waals surface area (Å²) in [4.78, 5) is 20.6. The number of aromatic hydroxyl groups is 1. The molecule has 0 saturated heterocycles. The minimum atomic E-state index is -0.375. The number of carbonyl (C=O) groups is 1. The van der Waals surface area contributed by atoms with Crippen molar-refractivity contribution in [2.24, 2.45) is 5.92 Å². The summed E-state index contributed by atoms with van der Waals surface area (Å²) >= 11 is 0. The molecule has 0 aliphatic carbocycles. The number of phenols is 1. The molecular weight excluding hydrogens is 306 g/mol. The van der Waals surface area contributed by atoms with Gasteiger partial charge in [0.15, 0.2) is 12.1 Å². The molecule has 0 bridgehead atoms. The van der Waals surface area contributed by atoms with Gasteiger partial charge in [-0.15, -0.1) is 0 Å². The van der Waals surface area contributed by atoms with Crippen LogP contribution in [0.2, 0.25) is 0 Å². The zero-order chi connectivity index (χ0) is 17.3. The minimum absolute atomic E-state index is 0.0632. The van der Waals surface area contributed by atoms with E-state index in [0.29, 0.717) is 16.8 Å². The topological polar surface area (TPSA) is 88.3 Å². The van der Waals surface area contributed by atoms with Crippen molar-refractivity contribution in [1.82, 2.24) is 15.3 Å². The average molecular weight is 325 g/mol. The van der Waals surface area contributed by atoms with E-state index in [0.717, 1.165) is 5.39 Å². The molecule has 1 unspecified atom stereocenters. The van der Waals surface area contributed by atoms with Crippen LogP contribution in [0.3, 0.4) is 0 Å². The number of fused-ring (bicyclic) bond motifs is 1. The van der Waals surface area contributed by atoms with Gasteiger partial charge in [-0.2, -0.15) is 0 Å². The number of hydrogen-bond donors (Lipinski definition) is 2. The number of amides is 1. The lowest BCUT2D eigenvalue weighted by molar-refractivity contribution is 0.0919. The standard InChI is InChI=1S/C18H19N3O3/c1-10(2)14(21-18(23)15-11(3)24-9-20-15)13-7-6-12-5-4-8-19-16(12)17(13)22/h4-10,14,22H,1-3H3,(H,21,23). The van der Waals surface area contributed by atoms with Crippen molar-refractivity contribution in [1.29, 1.82) is 0 Å². The molecule has 24 heavy (non-hydrogen) atoms. The summed E-state index contributed by atoms with van der Waals surface area (Å²) in [6.45, 7) is 5.63. The van der Waals surface area contributed by atoms with Crippen molar-refractivity contribution in [2.45, 2.75) is 26.8 Å². The number of aryl methyl sites for hydroxylation is 1. The highest BCUT2D eigenvalue weighted by Crippen LogP contribution is 2.34. The van der Waals surface area contributed by atoms with Gasteiger partial charge in [0.05, 0.1) is 6.04 Å². The van der Waals surface area contributed by atoms with E-state index in [-0.39, 0.29) is 29.3 Å². The maximum atomic E-state index is 12.5. The summed E-state index contributed by atoms with van der Waals surface area (Å²) in [5.41, 5.74) is 1.40. The molecule has 124 valence electrons. The summed E-state index contributed by atoms with van der Waals surface area (Å²) in [7, 11) is 0. The number of oxazole rings is 1. The number of benzene rings is 1. The first kappa shape index (κ1) is 16.0. The quantitative estimate of drug-likeness (QED) is 0.768. The third kappa shape index (κ3) is 2.82. The molecule has 0 saturated carbocycles. The monoisotopic (exact) mass is 325 g/mol. The Morgan fingerprint density at radius 3 is 2.71 bits per heavy atom. The van der Waals surface area contributed by atoms with Crippen LogP contribution in [-0.2, 0) is 0 Å². The summed E-state index contributed by atoms with van der Waals surface area (Å²) in [6.07, 6.45) is 2.87. The number of pyridine rings is 1. The van der Waals surface area contributed by atoms with E-state index < -0.39 is 0 Å². The molecule has 0 radical (unpaired) electrons. The fourth-order valence-electron chi connectivity index (χ4n) is 2.73. The predicted molar refractivity (Wildman–Crippen MR) is 89.7 cm³/mol. The van der Waals surface area contributed by atoms with Gasteiger partial charge < -0.3 is 14.8 Å². The Labute approximate surface area is 139 Å². The highest BCUT2D eigenvalue weighted by molar-refractivity contribution is 5.93. The Kier molecular flexibility index (Phi) is 4.20. The molecule has 0 aliphatic rings. The third-order valence-corrected chi connectivity index (χ3v) is 4.03. The molecule has 1 amide bonds. The van der Waals surface area contributed by atoms with Gasteiger partial charge >= 0.3 is 0 Å². The van der Waals surface area contributed by atoms with Gasteiger partial charge in [-0.3, -0.25) is 9.78 Å². The average Bonchev–Trinajstić information content (AvgIpc) is 2.99. The van der Waals surface area contributed by atoms with Crippen LogP contribution in [0.4, 0.5) is 0 Å². The Morgan fingerprint density at radius 1 is 1.25 bits per heavy atom. The Hall–Kier alpha value is -2.89. The van der Waals surface area contributed by atoms with E-state index in [9.17, 15) is 9.90 Å². The van der Waals surface area contributed by atoms with Gasteiger partial charge in [0.2, 0.25) is 0 Å². The van der Waals surface area contributed by atoms with Gasteiger partial charge in [0, 0.05) is 17.1 Å². The number of hydrogen-bond acceptors (Lipinski definition) is 5. The Balaban J connectivity index is 1.98. The Bertz CT molecular complexity index is 886. The number of nitrogens with zero attached hydrogens (tertiary/aromatic N) is 2. The molecule has 2 heterocycles. The van der Waals surface area contributed by atoms with Crippen molar-refractivity contribution in [3.63, 3.8) is 0 Å². The van der Waals surface area contributed by atoms with E-state index >= 15 is 0 Å². The largest absolute Gasteiger partial charge is 0.505 e. The van der Waals surface area contributed by atoms with Crippen LogP contribution in [0.25, 0.3) is 10.9 Å². The molecule has 6 nitrogen and oxygen atoms in total. The molecule has 6 heteroatoms. The van der Waals surface area contributed by atoms with Gasteiger partial charge in [-0.05, 0) is 18.9 Å². The van der Waals surface area contributed by atoms with Crippen LogP contribution in [0.15, 0.2) is 41.3 Å². The van der Waals surface area contributed by atoms with Crippen molar-refractivity contribution in [2.75, 3.05) is 0 Å². The molecule has 2 N–H and O–H groups in total. The summed E-state index contributed by atoms with van der Waals surface area (Å²) in [5, 5.41) is 14.4. The molecule has 0 spiro atoms. The number of phenolic OH excluding ortho intramolecular Hbond substituents is 1. The fourth-order valence-corrected chi connectivity index (χ4v) is 2.73. The molecule has 1 atom stereocenters. The first-order valence-corrected chi connectivity index (χ1v) is 7.76. The van der Waals surface area contributed by atoms with Crippen LogP contribution >= 0.6 is 0 Å². The first-order chi connectivity index (χ1) is 11.5. The second-order valence-electron chi connectivity index (χ2n) is 6.03. The van der Waals surface area contributed by atoms with E-state index in [1.54, 1.807) is 13.1 Å². The lowest BCUT2D eigenvalue weighted by atomic mass is 9.93. The van der Waals surface area contributed by atoms with Crippen LogP contribution in [-0.4, -0.2) is 21.0 Å². The maximum Gasteiger partial charge on any atom is 0.274 e. The van der Waals surface area contributed by atoms with Crippen molar-refractivity contribution in [3.05, 3.63) is 53.9 Å². The summed E-state index contributed by atoms with van der Waals surface area (Å²) < 4.78 is 5.08. The van der Waals surface area contributed by atoms with Gasteiger partial charge in [0.1, 0.15) is 17.0 Å². The molecule has 3 aromatic rings. The fraction of sp³-hybridized carbons (Fsp3) is 0.278. The van der Waals surface area contributed by atoms with E-state index in [1.807, 2.05) is 38.1 Å². The number of rotatable bonds is 4. The van der Waals surface area contributed by atoms with E-state index in [4.69, 9.17) is 4.42 Å². The lowest BCUT2D eigenvalue weighted by Crippen LogP contribution is -2.32. The molecule has 1 aromatic carbocycles. The van der Waals surface area contributed by atoms with Crippen molar-refractivity contribution >= 4 is 16.8 Å². The van der Waals surface area contributed by atoms with Gasteiger partial charge in [0.25, 0.3) is 5.91 Å². The lowest BCUT2D eigenvalue weighted by Gasteiger charge is -2.23. The smallest absolute Gasteiger partial charge is 0.274 e. The third-order valence-electron chi connectivity index (χ3n) is 4.03. The van der Waals surface area contributed by atoms with Crippen LogP contribution in [0, 0.1) is 12.8 Å². The predicted octanol–water partition coefficient (Wildman–Crippen LogP) is 3.36. The second kappa shape index (κ2) is 6.31. The van der Waals surface area contributed by atoms with E-state index in [2.05, 4.69) is 15.3 Å². The van der Waals surface area contributed by atoms with Crippen molar-refractivity contribution in [3.8, 4) is 5.75 Å². The first-order valence-electron chi connectivity index (χ1n) is 7.76. The van der Waals surface area contributed by atoms with Gasteiger partial charge in [-0.25, -0.2) is 4.98 Å². The highest BCUT2D eigenvalue weighted by Gasteiger charge is 2.25. The SMILES string of the molecule is Cc1ocnc1C(=O)NC(c1ccc2cccnc2c1O)C(C)C. The number of aromatic nitrogens is 2. The molecule has 0 fully saturated rings. The minimum Gasteiger partial charge on any atom is -0.505 e. The van der Waals surface area contributed by atoms with Gasteiger partial charge in [-0.1, -0.05) is 32.0 Å². The molecule has 2 aromatic heterocycles.